The minimum Gasteiger partial charge on any atom is -0.482 e. The fourth-order valence-electron chi connectivity index (χ4n) is 2.25. The van der Waals surface area contributed by atoms with Gasteiger partial charge in [-0.05, 0) is 42.3 Å². The molecule has 7 heteroatoms. The van der Waals surface area contributed by atoms with Crippen LogP contribution >= 0.6 is 0 Å². The first-order valence-corrected chi connectivity index (χ1v) is 8.65. The van der Waals surface area contributed by atoms with E-state index in [2.05, 4.69) is 10.0 Å². The minimum absolute atomic E-state index is 0.0571. The molecule has 120 valence electrons. The van der Waals surface area contributed by atoms with Gasteiger partial charge in [-0.25, -0.2) is 8.42 Å². The summed E-state index contributed by atoms with van der Waals surface area (Å²) in [6.07, 6.45) is 0.886. The van der Waals surface area contributed by atoms with Crippen LogP contribution in [0.15, 0.2) is 47.4 Å². The highest BCUT2D eigenvalue weighted by Gasteiger charge is 2.21. The number of sulfonamides is 1. The molecule has 0 spiro atoms. The van der Waals surface area contributed by atoms with E-state index >= 15 is 0 Å². The van der Waals surface area contributed by atoms with Crippen molar-refractivity contribution in [3.8, 4) is 5.75 Å². The van der Waals surface area contributed by atoms with Crippen LogP contribution in [-0.4, -0.2) is 20.9 Å². The lowest BCUT2D eigenvalue weighted by molar-refractivity contribution is -0.118. The van der Waals surface area contributed by atoms with Crippen molar-refractivity contribution in [2.75, 3.05) is 16.6 Å². The van der Waals surface area contributed by atoms with E-state index in [1.54, 1.807) is 12.1 Å². The number of rotatable bonds is 4. The first-order valence-electron chi connectivity index (χ1n) is 7.16. The van der Waals surface area contributed by atoms with Gasteiger partial charge in [0.15, 0.2) is 6.61 Å². The van der Waals surface area contributed by atoms with Crippen molar-refractivity contribution in [3.63, 3.8) is 0 Å². The highest BCUT2D eigenvalue weighted by molar-refractivity contribution is 7.92. The molecule has 0 atom stereocenters. The zero-order chi connectivity index (χ0) is 16.4. The van der Waals surface area contributed by atoms with Crippen molar-refractivity contribution in [1.29, 1.82) is 0 Å². The van der Waals surface area contributed by atoms with E-state index < -0.39 is 10.0 Å². The van der Waals surface area contributed by atoms with Gasteiger partial charge in [0.2, 0.25) is 0 Å². The smallest absolute Gasteiger partial charge is 0.262 e. The number of carbonyl (C=O) groups is 1. The summed E-state index contributed by atoms with van der Waals surface area (Å²) in [5.74, 6) is 0.144. The van der Waals surface area contributed by atoms with E-state index in [-0.39, 0.29) is 17.4 Å². The average Bonchev–Trinajstić information content (AvgIpc) is 2.54. The molecule has 1 amide bonds. The van der Waals surface area contributed by atoms with Gasteiger partial charge in [0.25, 0.3) is 15.9 Å². The SMILES string of the molecule is CCc1ccc(NS(=O)(=O)c2ccc3c(c2)NC(=O)CO3)cc1. The second kappa shape index (κ2) is 5.92. The van der Waals surface area contributed by atoms with Crippen LogP contribution in [0.2, 0.25) is 0 Å². The quantitative estimate of drug-likeness (QED) is 0.900. The van der Waals surface area contributed by atoms with Crippen LogP contribution in [0.3, 0.4) is 0 Å². The minimum atomic E-state index is -3.74. The van der Waals surface area contributed by atoms with Gasteiger partial charge in [0.05, 0.1) is 10.6 Å². The number of aryl methyl sites for hydroxylation is 1. The number of anilines is 2. The Hall–Kier alpha value is -2.54. The highest BCUT2D eigenvalue weighted by Crippen LogP contribution is 2.30. The summed E-state index contributed by atoms with van der Waals surface area (Å²) in [7, 11) is -3.74. The van der Waals surface area contributed by atoms with Crippen molar-refractivity contribution >= 4 is 27.3 Å². The van der Waals surface area contributed by atoms with Crippen LogP contribution in [0.25, 0.3) is 0 Å². The maximum Gasteiger partial charge on any atom is 0.262 e. The van der Waals surface area contributed by atoms with Gasteiger partial charge < -0.3 is 10.1 Å². The largest absolute Gasteiger partial charge is 0.482 e. The predicted molar refractivity (Wildman–Crippen MR) is 87.2 cm³/mol. The Bertz CT molecular complexity index is 845. The Kier molecular flexibility index (Phi) is 3.96. The molecule has 0 aromatic heterocycles. The number of amides is 1. The maximum atomic E-state index is 12.5. The van der Waals surface area contributed by atoms with E-state index in [0.717, 1.165) is 12.0 Å². The Labute approximate surface area is 134 Å². The van der Waals surface area contributed by atoms with Crippen molar-refractivity contribution < 1.29 is 17.9 Å². The molecule has 2 N–H and O–H groups in total. The lowest BCUT2D eigenvalue weighted by atomic mass is 10.2. The van der Waals surface area contributed by atoms with E-state index in [0.29, 0.717) is 17.1 Å². The van der Waals surface area contributed by atoms with Crippen LogP contribution in [0.1, 0.15) is 12.5 Å². The maximum absolute atomic E-state index is 12.5. The van der Waals surface area contributed by atoms with Crippen LogP contribution in [-0.2, 0) is 21.2 Å². The molecule has 23 heavy (non-hydrogen) atoms. The van der Waals surface area contributed by atoms with Gasteiger partial charge in [-0.1, -0.05) is 19.1 Å². The summed E-state index contributed by atoms with van der Waals surface area (Å²) in [5.41, 5.74) is 1.97. The van der Waals surface area contributed by atoms with E-state index in [4.69, 9.17) is 4.74 Å². The van der Waals surface area contributed by atoms with Crippen LogP contribution in [0, 0.1) is 0 Å². The predicted octanol–water partition coefficient (Wildman–Crippen LogP) is 2.38. The van der Waals surface area contributed by atoms with Crippen LogP contribution < -0.4 is 14.8 Å². The number of benzene rings is 2. The number of hydrogen-bond donors (Lipinski definition) is 2. The van der Waals surface area contributed by atoms with Gasteiger partial charge in [-0.2, -0.15) is 0 Å². The summed E-state index contributed by atoms with van der Waals surface area (Å²) < 4.78 is 32.7. The van der Waals surface area contributed by atoms with Crippen LogP contribution in [0.4, 0.5) is 11.4 Å². The molecule has 2 aromatic carbocycles. The molecule has 1 heterocycles. The number of fused-ring (bicyclic) bond motifs is 1. The molecule has 0 unspecified atom stereocenters. The average molecular weight is 332 g/mol. The lowest BCUT2D eigenvalue weighted by Gasteiger charge is -2.18. The van der Waals surface area contributed by atoms with E-state index in [1.165, 1.54) is 18.2 Å². The molecule has 0 fully saturated rings. The second-order valence-electron chi connectivity index (χ2n) is 5.15. The van der Waals surface area contributed by atoms with Gasteiger partial charge in [0, 0.05) is 5.69 Å². The lowest BCUT2D eigenvalue weighted by Crippen LogP contribution is -2.25. The third-order valence-electron chi connectivity index (χ3n) is 3.51. The molecule has 1 aliphatic heterocycles. The van der Waals surface area contributed by atoms with E-state index in [1.807, 2.05) is 19.1 Å². The van der Waals surface area contributed by atoms with Crippen molar-refractivity contribution in [1.82, 2.24) is 0 Å². The first kappa shape index (κ1) is 15.4. The Morgan fingerprint density at radius 2 is 1.91 bits per heavy atom. The highest BCUT2D eigenvalue weighted by atomic mass is 32.2. The molecule has 0 bridgehead atoms. The van der Waals surface area contributed by atoms with E-state index in [9.17, 15) is 13.2 Å². The summed E-state index contributed by atoms with van der Waals surface area (Å²) in [4.78, 5) is 11.4. The van der Waals surface area contributed by atoms with Gasteiger partial charge in [-0.3, -0.25) is 9.52 Å². The first-order chi connectivity index (χ1) is 11.0. The fraction of sp³-hybridized carbons (Fsp3) is 0.188. The topological polar surface area (TPSA) is 84.5 Å². The number of nitrogens with one attached hydrogen (secondary N) is 2. The standard InChI is InChI=1S/C16H16N2O4S/c1-2-11-3-5-12(6-4-11)18-23(20,21)13-7-8-15-14(9-13)17-16(19)10-22-15/h3-9,18H,2,10H2,1H3,(H,17,19). The summed E-state index contributed by atoms with van der Waals surface area (Å²) in [5, 5.41) is 2.60. The molecular formula is C16H16N2O4S. The molecule has 0 saturated carbocycles. The number of carbonyl (C=O) groups excluding carboxylic acids is 1. The van der Waals surface area contributed by atoms with Crippen molar-refractivity contribution in [2.45, 2.75) is 18.2 Å². The molecule has 0 radical (unpaired) electrons. The van der Waals surface area contributed by atoms with Gasteiger partial charge >= 0.3 is 0 Å². The summed E-state index contributed by atoms with van der Waals surface area (Å²) in [6.45, 7) is 1.96. The molecular weight excluding hydrogens is 316 g/mol. The molecule has 6 nitrogen and oxygen atoms in total. The third kappa shape index (κ3) is 3.29. The van der Waals surface area contributed by atoms with Gasteiger partial charge in [0.1, 0.15) is 5.75 Å². The normalized spacial score (nSPS) is 13.7. The van der Waals surface area contributed by atoms with Crippen molar-refractivity contribution in [2.24, 2.45) is 0 Å². The zero-order valence-electron chi connectivity index (χ0n) is 12.5. The Morgan fingerprint density at radius 3 is 2.61 bits per heavy atom. The summed E-state index contributed by atoms with van der Waals surface area (Å²) in [6, 6.07) is 11.6. The molecule has 0 aliphatic carbocycles. The molecule has 2 aromatic rings. The summed E-state index contributed by atoms with van der Waals surface area (Å²) >= 11 is 0. The Balaban J connectivity index is 1.87. The van der Waals surface area contributed by atoms with Gasteiger partial charge in [-0.15, -0.1) is 0 Å². The van der Waals surface area contributed by atoms with Crippen molar-refractivity contribution in [3.05, 3.63) is 48.0 Å². The molecule has 0 saturated heterocycles. The monoisotopic (exact) mass is 332 g/mol. The Morgan fingerprint density at radius 1 is 1.17 bits per heavy atom. The molecule has 3 rings (SSSR count). The number of ether oxygens (including phenoxy) is 1. The number of hydrogen-bond acceptors (Lipinski definition) is 4. The molecule has 1 aliphatic rings. The second-order valence-corrected chi connectivity index (χ2v) is 6.83. The van der Waals surface area contributed by atoms with Crippen LogP contribution in [0.5, 0.6) is 5.75 Å². The zero-order valence-corrected chi connectivity index (χ0v) is 13.3. The fourth-order valence-corrected chi connectivity index (χ4v) is 3.34. The third-order valence-corrected chi connectivity index (χ3v) is 4.89.